The van der Waals surface area contributed by atoms with E-state index in [0.717, 1.165) is 11.3 Å². The number of sulfonamides is 1. The van der Waals surface area contributed by atoms with Crippen molar-refractivity contribution in [1.82, 2.24) is 0 Å². The molecule has 0 atom stereocenters. The van der Waals surface area contributed by atoms with Crippen molar-refractivity contribution in [2.75, 3.05) is 13.7 Å². The quantitative estimate of drug-likeness (QED) is 0.810. The molecule has 0 saturated carbocycles. The maximum absolute atomic E-state index is 11.6. The monoisotopic (exact) mass is 279 g/mol. The first kappa shape index (κ1) is 13.9. The van der Waals surface area contributed by atoms with E-state index in [1.165, 1.54) is 12.5 Å². The van der Waals surface area contributed by atoms with Gasteiger partial charge in [0.2, 0.25) is 10.0 Å². The minimum Gasteiger partial charge on any atom is -0.494 e. The third-order valence-electron chi connectivity index (χ3n) is 1.84. The lowest BCUT2D eigenvalue weighted by molar-refractivity contribution is 0.0506. The lowest BCUT2D eigenvalue weighted by Gasteiger charge is -2.04. The molecule has 8 heteroatoms. The highest BCUT2D eigenvalue weighted by molar-refractivity contribution is 7.89. The lowest BCUT2D eigenvalue weighted by atomic mass is 10.4. The molecule has 17 heavy (non-hydrogen) atoms. The van der Waals surface area contributed by atoms with Gasteiger partial charge in [-0.2, -0.15) is 0 Å². The van der Waals surface area contributed by atoms with Gasteiger partial charge in [-0.3, -0.25) is 0 Å². The number of hydrogen-bond donors (Lipinski definition) is 1. The molecule has 0 radical (unpaired) electrons. The van der Waals surface area contributed by atoms with Crippen LogP contribution in [0, 0.1) is 0 Å². The minimum atomic E-state index is -4.02. The topological polar surface area (TPSA) is 95.7 Å². The van der Waals surface area contributed by atoms with Gasteiger partial charge in [0, 0.05) is 5.38 Å². The summed E-state index contributed by atoms with van der Waals surface area (Å²) >= 11 is 0.927. The first-order valence-electron chi connectivity index (χ1n) is 4.77. The fourth-order valence-corrected chi connectivity index (χ4v) is 3.28. The second-order valence-electron chi connectivity index (χ2n) is 3.14. The van der Waals surface area contributed by atoms with Crippen molar-refractivity contribution in [2.24, 2.45) is 5.14 Å². The van der Waals surface area contributed by atoms with E-state index >= 15 is 0 Å². The van der Waals surface area contributed by atoms with Gasteiger partial charge in [0.1, 0.15) is 9.77 Å². The highest BCUT2D eigenvalue weighted by atomic mass is 32.2. The number of thiophene rings is 1. The normalized spacial score (nSPS) is 11.2. The molecular formula is C9H13NO5S2. The second-order valence-corrected chi connectivity index (χ2v) is 5.52. The first-order chi connectivity index (χ1) is 7.91. The number of rotatable bonds is 5. The van der Waals surface area contributed by atoms with Crippen LogP contribution < -0.4 is 9.88 Å². The van der Waals surface area contributed by atoms with Gasteiger partial charge in [-0.25, -0.2) is 18.4 Å². The molecule has 0 aromatic carbocycles. The Morgan fingerprint density at radius 2 is 2.18 bits per heavy atom. The van der Waals surface area contributed by atoms with Crippen LogP contribution in [0.2, 0.25) is 0 Å². The van der Waals surface area contributed by atoms with Crippen LogP contribution in [0.15, 0.2) is 10.3 Å². The molecule has 1 heterocycles. The standard InChI is InChI=1S/C9H13NO5S2/c1-3-4-15-9(11)7-8(17(10,12)13)6(14-2)5-16-7/h5H,3-4H2,1-2H3,(H2,10,12,13). The van der Waals surface area contributed by atoms with E-state index in [2.05, 4.69) is 0 Å². The van der Waals surface area contributed by atoms with Crippen molar-refractivity contribution in [3.05, 3.63) is 10.3 Å². The second kappa shape index (κ2) is 5.48. The summed E-state index contributed by atoms with van der Waals surface area (Å²) in [5.41, 5.74) is 0. The predicted molar refractivity (Wildman–Crippen MR) is 62.8 cm³/mol. The SMILES string of the molecule is CCCOC(=O)c1scc(OC)c1S(N)(=O)=O. The summed E-state index contributed by atoms with van der Waals surface area (Å²) in [5, 5.41) is 6.44. The summed E-state index contributed by atoms with van der Waals surface area (Å²) in [6.07, 6.45) is 0.652. The summed E-state index contributed by atoms with van der Waals surface area (Å²) in [4.78, 5) is 11.2. The van der Waals surface area contributed by atoms with Gasteiger partial charge in [-0.1, -0.05) is 6.92 Å². The van der Waals surface area contributed by atoms with Crippen LogP contribution in [-0.2, 0) is 14.8 Å². The van der Waals surface area contributed by atoms with Crippen LogP contribution in [0.3, 0.4) is 0 Å². The average Bonchev–Trinajstić information content (AvgIpc) is 2.69. The molecule has 0 aliphatic heterocycles. The Balaban J connectivity index is 3.17. The summed E-state index contributed by atoms with van der Waals surface area (Å²) < 4.78 is 32.5. The lowest BCUT2D eigenvalue weighted by Crippen LogP contribution is -2.17. The highest BCUT2D eigenvalue weighted by Crippen LogP contribution is 2.33. The zero-order chi connectivity index (χ0) is 13.1. The first-order valence-corrected chi connectivity index (χ1v) is 7.19. The van der Waals surface area contributed by atoms with E-state index in [-0.39, 0.29) is 22.1 Å². The number of carbonyl (C=O) groups excluding carboxylic acids is 1. The molecule has 0 spiro atoms. The number of primary sulfonamides is 1. The Hall–Kier alpha value is -1.12. The number of methoxy groups -OCH3 is 1. The van der Waals surface area contributed by atoms with Gasteiger partial charge >= 0.3 is 5.97 Å². The van der Waals surface area contributed by atoms with E-state index < -0.39 is 16.0 Å². The molecular weight excluding hydrogens is 266 g/mol. The molecule has 0 fully saturated rings. The summed E-state index contributed by atoms with van der Waals surface area (Å²) in [6.45, 7) is 2.06. The highest BCUT2D eigenvalue weighted by Gasteiger charge is 2.27. The Morgan fingerprint density at radius 3 is 2.65 bits per heavy atom. The van der Waals surface area contributed by atoms with Crippen molar-refractivity contribution in [2.45, 2.75) is 18.2 Å². The molecule has 0 aliphatic carbocycles. The van der Waals surface area contributed by atoms with Crippen molar-refractivity contribution in [3.63, 3.8) is 0 Å². The van der Waals surface area contributed by atoms with Gasteiger partial charge in [-0.15, -0.1) is 11.3 Å². The molecule has 0 amide bonds. The smallest absolute Gasteiger partial charge is 0.349 e. The third kappa shape index (κ3) is 3.18. The summed E-state index contributed by atoms with van der Waals surface area (Å²) in [7, 11) is -2.71. The predicted octanol–water partition coefficient (Wildman–Crippen LogP) is 0.971. The Bertz CT molecular complexity index is 505. The van der Waals surface area contributed by atoms with Gasteiger partial charge in [0.15, 0.2) is 5.75 Å². The van der Waals surface area contributed by atoms with Crippen molar-refractivity contribution < 1.29 is 22.7 Å². The molecule has 0 saturated heterocycles. The van der Waals surface area contributed by atoms with Gasteiger partial charge < -0.3 is 9.47 Å². The van der Waals surface area contributed by atoms with Gasteiger partial charge in [0.25, 0.3) is 0 Å². The maximum Gasteiger partial charge on any atom is 0.349 e. The molecule has 2 N–H and O–H groups in total. The zero-order valence-corrected chi connectivity index (χ0v) is 11.1. The minimum absolute atomic E-state index is 0.0564. The Morgan fingerprint density at radius 1 is 1.53 bits per heavy atom. The summed E-state index contributed by atoms with van der Waals surface area (Å²) in [5.74, 6) is -0.648. The van der Waals surface area contributed by atoms with E-state index in [0.29, 0.717) is 6.42 Å². The maximum atomic E-state index is 11.6. The van der Waals surface area contributed by atoms with Crippen molar-refractivity contribution >= 4 is 27.3 Å². The molecule has 1 rings (SSSR count). The van der Waals surface area contributed by atoms with Crippen LogP contribution in [0.5, 0.6) is 5.75 Å². The molecule has 1 aromatic rings. The molecule has 0 unspecified atom stereocenters. The van der Waals surface area contributed by atoms with E-state index in [4.69, 9.17) is 14.6 Å². The van der Waals surface area contributed by atoms with Crippen molar-refractivity contribution in [3.8, 4) is 5.75 Å². The van der Waals surface area contributed by atoms with Crippen LogP contribution in [0.1, 0.15) is 23.0 Å². The zero-order valence-electron chi connectivity index (χ0n) is 9.43. The fraction of sp³-hybridized carbons (Fsp3) is 0.444. The number of carbonyl (C=O) groups is 1. The number of nitrogens with two attached hydrogens (primary N) is 1. The summed E-state index contributed by atoms with van der Waals surface area (Å²) in [6, 6.07) is 0. The van der Waals surface area contributed by atoms with Crippen LogP contribution in [0.25, 0.3) is 0 Å². The largest absolute Gasteiger partial charge is 0.494 e. The Labute approximate surface area is 103 Å². The number of esters is 1. The van der Waals surface area contributed by atoms with Crippen LogP contribution in [-0.4, -0.2) is 28.1 Å². The molecule has 6 nitrogen and oxygen atoms in total. The number of ether oxygens (including phenoxy) is 2. The molecule has 1 aromatic heterocycles. The van der Waals surface area contributed by atoms with Crippen LogP contribution >= 0.6 is 11.3 Å². The van der Waals surface area contributed by atoms with Crippen molar-refractivity contribution in [1.29, 1.82) is 0 Å². The molecule has 0 aliphatic rings. The van der Waals surface area contributed by atoms with E-state index in [1.807, 2.05) is 6.92 Å². The van der Waals surface area contributed by atoms with Crippen LogP contribution in [0.4, 0.5) is 0 Å². The van der Waals surface area contributed by atoms with E-state index in [1.54, 1.807) is 0 Å². The molecule has 96 valence electrons. The molecule has 0 bridgehead atoms. The third-order valence-corrected chi connectivity index (χ3v) is 3.88. The van der Waals surface area contributed by atoms with Gasteiger partial charge in [0.05, 0.1) is 13.7 Å². The van der Waals surface area contributed by atoms with E-state index in [9.17, 15) is 13.2 Å². The van der Waals surface area contributed by atoms with Gasteiger partial charge in [-0.05, 0) is 6.42 Å². The Kier molecular flexibility index (Phi) is 4.49. The number of hydrogen-bond acceptors (Lipinski definition) is 6. The average molecular weight is 279 g/mol. The fourth-order valence-electron chi connectivity index (χ4n) is 1.14.